The third kappa shape index (κ3) is 3.67. The van der Waals surface area contributed by atoms with Crippen molar-refractivity contribution in [2.75, 3.05) is 0 Å². The number of benzene rings is 1. The standard InChI is InChI=1S/C13H13Cl2F3O2/c1-2-11(19)12(20,13(16,17)18)6-5-8-3-4-9(14)10(15)7-8/h3-7,11,19-20H,2H2,1H3/b6-5+. The lowest BCUT2D eigenvalue weighted by Gasteiger charge is -2.31. The van der Waals surface area contributed by atoms with Crippen LogP contribution in [-0.2, 0) is 0 Å². The van der Waals surface area contributed by atoms with Gasteiger partial charge in [0.2, 0.25) is 5.60 Å². The van der Waals surface area contributed by atoms with Gasteiger partial charge in [0.15, 0.2) is 0 Å². The van der Waals surface area contributed by atoms with Crippen molar-refractivity contribution >= 4 is 29.3 Å². The topological polar surface area (TPSA) is 40.5 Å². The summed E-state index contributed by atoms with van der Waals surface area (Å²) < 4.78 is 38.6. The van der Waals surface area contributed by atoms with Crippen LogP contribution < -0.4 is 0 Å². The second-order valence-electron chi connectivity index (χ2n) is 4.25. The van der Waals surface area contributed by atoms with Gasteiger partial charge in [-0.1, -0.05) is 42.3 Å². The Morgan fingerprint density at radius 2 is 1.85 bits per heavy atom. The monoisotopic (exact) mass is 328 g/mol. The lowest BCUT2D eigenvalue weighted by molar-refractivity contribution is -0.268. The first-order valence-corrected chi connectivity index (χ1v) is 6.49. The minimum absolute atomic E-state index is 0.181. The summed E-state index contributed by atoms with van der Waals surface area (Å²) in [5, 5.41) is 19.5. The van der Waals surface area contributed by atoms with E-state index in [-0.39, 0.29) is 16.5 Å². The summed E-state index contributed by atoms with van der Waals surface area (Å²) in [7, 11) is 0. The lowest BCUT2D eigenvalue weighted by Crippen LogP contribution is -2.52. The fourth-order valence-corrected chi connectivity index (χ4v) is 1.85. The van der Waals surface area contributed by atoms with Gasteiger partial charge in [-0.25, -0.2) is 0 Å². The van der Waals surface area contributed by atoms with Crippen LogP contribution in [0.3, 0.4) is 0 Å². The normalized spacial score (nSPS) is 17.2. The number of hydrogen-bond acceptors (Lipinski definition) is 2. The largest absolute Gasteiger partial charge is 0.423 e. The molecule has 0 amide bonds. The number of hydrogen-bond donors (Lipinski definition) is 2. The Bertz CT molecular complexity index is 503. The summed E-state index contributed by atoms with van der Waals surface area (Å²) in [6.07, 6.45) is -5.65. The highest BCUT2D eigenvalue weighted by Crippen LogP contribution is 2.36. The van der Waals surface area contributed by atoms with Gasteiger partial charge in [-0.3, -0.25) is 0 Å². The highest BCUT2D eigenvalue weighted by atomic mass is 35.5. The molecule has 0 aromatic heterocycles. The van der Waals surface area contributed by atoms with Crippen LogP contribution in [0.1, 0.15) is 18.9 Å². The summed E-state index contributed by atoms with van der Waals surface area (Å²) in [5.41, 5.74) is -2.99. The summed E-state index contributed by atoms with van der Waals surface area (Å²) in [5.74, 6) is 0. The fourth-order valence-electron chi connectivity index (χ4n) is 1.55. The predicted molar refractivity (Wildman–Crippen MR) is 72.8 cm³/mol. The molecule has 0 bridgehead atoms. The zero-order valence-electron chi connectivity index (χ0n) is 10.5. The minimum Gasteiger partial charge on any atom is -0.389 e. The molecule has 2 nitrogen and oxygen atoms in total. The molecule has 1 aromatic rings. The van der Waals surface area contributed by atoms with E-state index in [0.717, 1.165) is 6.08 Å². The van der Waals surface area contributed by atoms with Crippen molar-refractivity contribution < 1.29 is 23.4 Å². The molecular formula is C13H13Cl2F3O2. The van der Waals surface area contributed by atoms with Crippen molar-refractivity contribution in [2.45, 2.75) is 31.2 Å². The van der Waals surface area contributed by atoms with Crippen molar-refractivity contribution in [3.05, 3.63) is 39.9 Å². The van der Waals surface area contributed by atoms with E-state index in [4.69, 9.17) is 23.2 Å². The maximum absolute atomic E-state index is 12.9. The first kappa shape index (κ1) is 17.3. The van der Waals surface area contributed by atoms with E-state index in [1.54, 1.807) is 0 Å². The summed E-state index contributed by atoms with van der Waals surface area (Å²) >= 11 is 11.4. The molecule has 2 N–H and O–H groups in total. The maximum atomic E-state index is 12.9. The average molecular weight is 329 g/mol. The van der Waals surface area contributed by atoms with E-state index in [2.05, 4.69) is 0 Å². The molecule has 112 valence electrons. The zero-order valence-corrected chi connectivity index (χ0v) is 12.0. The summed E-state index contributed by atoms with van der Waals surface area (Å²) in [6, 6.07) is 4.22. The Balaban J connectivity index is 3.12. The highest BCUT2D eigenvalue weighted by Gasteiger charge is 2.56. The molecule has 0 saturated carbocycles. The summed E-state index contributed by atoms with van der Waals surface area (Å²) in [6.45, 7) is 1.34. The van der Waals surface area contributed by atoms with Crippen molar-refractivity contribution in [2.24, 2.45) is 0 Å². The molecule has 0 aliphatic carbocycles. The molecule has 1 rings (SSSR count). The van der Waals surface area contributed by atoms with Gasteiger partial charge < -0.3 is 10.2 Å². The van der Waals surface area contributed by atoms with Crippen LogP contribution in [0.5, 0.6) is 0 Å². The Morgan fingerprint density at radius 1 is 1.25 bits per heavy atom. The van der Waals surface area contributed by atoms with Crippen LogP contribution in [0, 0.1) is 0 Å². The Hall–Kier alpha value is -0.750. The van der Waals surface area contributed by atoms with Crippen LogP contribution in [0.4, 0.5) is 13.2 Å². The summed E-state index contributed by atoms with van der Waals surface area (Å²) in [4.78, 5) is 0. The van der Waals surface area contributed by atoms with Gasteiger partial charge in [0.05, 0.1) is 16.1 Å². The molecule has 2 atom stereocenters. The van der Waals surface area contributed by atoms with Crippen molar-refractivity contribution in [1.82, 2.24) is 0 Å². The van der Waals surface area contributed by atoms with Crippen LogP contribution in [-0.4, -0.2) is 28.1 Å². The molecule has 0 saturated heterocycles. The molecule has 20 heavy (non-hydrogen) atoms. The Kier molecular flexibility index (Phi) is 5.49. The Morgan fingerprint density at radius 3 is 2.30 bits per heavy atom. The van der Waals surface area contributed by atoms with Gasteiger partial charge in [0.1, 0.15) is 0 Å². The number of rotatable bonds is 4. The molecule has 1 aromatic carbocycles. The van der Waals surface area contributed by atoms with Crippen molar-refractivity contribution in [3.8, 4) is 0 Å². The molecule has 0 fully saturated rings. The quantitative estimate of drug-likeness (QED) is 0.874. The fraction of sp³-hybridized carbons (Fsp3) is 0.385. The van der Waals surface area contributed by atoms with Gasteiger partial charge in [-0.15, -0.1) is 0 Å². The van der Waals surface area contributed by atoms with Gasteiger partial charge in [-0.2, -0.15) is 13.2 Å². The lowest BCUT2D eigenvalue weighted by atomic mass is 9.92. The van der Waals surface area contributed by atoms with E-state index >= 15 is 0 Å². The van der Waals surface area contributed by atoms with E-state index in [9.17, 15) is 23.4 Å². The van der Waals surface area contributed by atoms with Crippen LogP contribution in [0.25, 0.3) is 6.08 Å². The van der Waals surface area contributed by atoms with E-state index in [1.165, 1.54) is 25.1 Å². The van der Waals surface area contributed by atoms with Gasteiger partial charge >= 0.3 is 6.18 Å². The number of halogens is 5. The third-order valence-electron chi connectivity index (χ3n) is 2.82. The molecule has 0 aliphatic rings. The van der Waals surface area contributed by atoms with Crippen LogP contribution in [0.2, 0.25) is 10.0 Å². The van der Waals surface area contributed by atoms with Gasteiger partial charge in [0.25, 0.3) is 0 Å². The first-order chi connectivity index (χ1) is 9.11. The van der Waals surface area contributed by atoms with E-state index in [1.807, 2.05) is 0 Å². The second-order valence-corrected chi connectivity index (χ2v) is 5.07. The predicted octanol–water partition coefficient (Wildman–Crippen LogP) is 4.07. The Labute approximate surface area is 124 Å². The maximum Gasteiger partial charge on any atom is 0.423 e. The molecule has 0 radical (unpaired) electrons. The van der Waals surface area contributed by atoms with Gasteiger partial charge in [-0.05, 0) is 30.2 Å². The SMILES string of the molecule is CCC(O)C(O)(/C=C/c1ccc(Cl)c(Cl)c1)C(F)(F)F. The number of aliphatic hydroxyl groups is 2. The van der Waals surface area contributed by atoms with E-state index < -0.39 is 17.9 Å². The van der Waals surface area contributed by atoms with Crippen LogP contribution >= 0.6 is 23.2 Å². The van der Waals surface area contributed by atoms with Gasteiger partial charge in [0, 0.05) is 0 Å². The smallest absolute Gasteiger partial charge is 0.389 e. The molecule has 0 aliphatic heterocycles. The van der Waals surface area contributed by atoms with Crippen molar-refractivity contribution in [3.63, 3.8) is 0 Å². The molecule has 2 unspecified atom stereocenters. The van der Waals surface area contributed by atoms with E-state index in [0.29, 0.717) is 11.6 Å². The molecular weight excluding hydrogens is 316 g/mol. The average Bonchev–Trinajstić information content (AvgIpc) is 2.37. The number of alkyl halides is 3. The second kappa shape index (κ2) is 6.35. The molecule has 0 spiro atoms. The highest BCUT2D eigenvalue weighted by molar-refractivity contribution is 6.42. The molecule has 0 heterocycles. The molecule has 7 heteroatoms. The third-order valence-corrected chi connectivity index (χ3v) is 3.56. The van der Waals surface area contributed by atoms with Crippen molar-refractivity contribution in [1.29, 1.82) is 0 Å². The first-order valence-electron chi connectivity index (χ1n) is 5.73. The minimum atomic E-state index is -4.99. The number of aliphatic hydroxyl groups excluding tert-OH is 1. The van der Waals surface area contributed by atoms with Crippen LogP contribution in [0.15, 0.2) is 24.3 Å². The zero-order chi connectivity index (χ0) is 15.6.